The number of hydrogen-bond donors (Lipinski definition) is 1. The normalized spacial score (nSPS) is 12.7. The van der Waals surface area contributed by atoms with E-state index in [1.165, 1.54) is 38.5 Å². The van der Waals surface area contributed by atoms with Crippen LogP contribution in [0.3, 0.4) is 0 Å². The lowest BCUT2D eigenvalue weighted by Gasteiger charge is -2.28. The summed E-state index contributed by atoms with van der Waals surface area (Å²) in [5, 5.41) is 10.9. The number of fused-ring (bicyclic) bond motifs is 1. The van der Waals surface area contributed by atoms with Crippen LogP contribution >= 0.6 is 0 Å². The number of rotatable bonds is 6. The summed E-state index contributed by atoms with van der Waals surface area (Å²) in [5.74, 6) is 0.364. The molecule has 0 saturated carbocycles. The summed E-state index contributed by atoms with van der Waals surface area (Å²) in [7, 11) is 3.13. The Bertz CT molecular complexity index is 834. The monoisotopic (exact) mass is 349 g/mol. The first-order chi connectivity index (χ1) is 11.6. The van der Waals surface area contributed by atoms with Crippen molar-refractivity contribution in [3.05, 3.63) is 34.6 Å². The average Bonchev–Trinajstić information content (AvgIpc) is 2.53. The predicted molar refractivity (Wildman–Crippen MR) is 93.1 cm³/mol. The van der Waals surface area contributed by atoms with Crippen molar-refractivity contribution in [1.29, 1.82) is 0 Å². The molecule has 0 aliphatic rings. The van der Waals surface area contributed by atoms with Crippen LogP contribution in [-0.4, -0.2) is 41.1 Å². The number of aliphatic hydroxyl groups is 1. The fraction of sp³-hybridized carbons (Fsp3) is 0.444. The van der Waals surface area contributed by atoms with E-state index in [0.717, 1.165) is 5.39 Å². The second-order valence-electron chi connectivity index (χ2n) is 6.33. The summed E-state index contributed by atoms with van der Waals surface area (Å²) >= 11 is 0. The number of aromatic nitrogens is 1. The highest BCUT2D eigenvalue weighted by molar-refractivity contribution is 5.90. The quantitative estimate of drug-likeness (QED) is 0.798. The Morgan fingerprint density at radius 2 is 2.00 bits per heavy atom. The molecule has 2 aromatic rings. The second-order valence-corrected chi connectivity index (χ2v) is 6.33. The summed E-state index contributed by atoms with van der Waals surface area (Å²) in [6, 6.07) is 6.70. The molecule has 25 heavy (non-hydrogen) atoms. The smallest absolute Gasteiger partial charge is 0.303 e. The largest absolute Gasteiger partial charge is 0.496 e. The van der Waals surface area contributed by atoms with E-state index < -0.39 is 17.7 Å². The summed E-state index contributed by atoms with van der Waals surface area (Å²) in [6.07, 6.45) is -0.858. The number of benzene rings is 1. The van der Waals surface area contributed by atoms with Crippen molar-refractivity contribution >= 4 is 16.9 Å². The van der Waals surface area contributed by atoms with Crippen LogP contribution < -0.4 is 15.0 Å². The molecule has 2 rings (SSSR count). The molecular formula is C18H23NO6. The first-order valence-electron chi connectivity index (χ1n) is 7.84. The molecule has 7 heteroatoms. The number of nitrogens with zero attached hydrogens (tertiary/aromatic N) is 1. The van der Waals surface area contributed by atoms with Crippen LogP contribution in [0.5, 0.6) is 11.5 Å². The summed E-state index contributed by atoms with van der Waals surface area (Å²) < 4.78 is 17.7. The van der Waals surface area contributed by atoms with Crippen molar-refractivity contribution in [3.63, 3.8) is 0 Å². The van der Waals surface area contributed by atoms with Gasteiger partial charge in [0.15, 0.2) is 6.10 Å². The van der Waals surface area contributed by atoms with Crippen LogP contribution in [0.2, 0.25) is 0 Å². The van der Waals surface area contributed by atoms with E-state index in [1.54, 1.807) is 19.2 Å². The molecule has 0 fully saturated rings. The molecule has 0 saturated heterocycles. The number of carbonyl (C=O) groups is 1. The number of esters is 1. The van der Waals surface area contributed by atoms with Crippen LogP contribution in [0.1, 0.15) is 20.8 Å². The van der Waals surface area contributed by atoms with Gasteiger partial charge in [0.05, 0.1) is 18.2 Å². The van der Waals surface area contributed by atoms with Crippen LogP contribution in [0.15, 0.2) is 29.1 Å². The maximum absolute atomic E-state index is 12.1. The molecule has 0 amide bonds. The van der Waals surface area contributed by atoms with Gasteiger partial charge < -0.3 is 23.9 Å². The summed E-state index contributed by atoms with van der Waals surface area (Å²) in [4.78, 5) is 23.4. The van der Waals surface area contributed by atoms with Crippen molar-refractivity contribution in [2.45, 2.75) is 32.5 Å². The minimum atomic E-state index is -1.28. The first kappa shape index (κ1) is 18.8. The lowest BCUT2D eigenvalue weighted by Crippen LogP contribution is -2.43. The van der Waals surface area contributed by atoms with Crippen LogP contribution in [0.4, 0.5) is 0 Å². The van der Waals surface area contributed by atoms with Gasteiger partial charge in [-0.2, -0.15) is 0 Å². The molecule has 0 spiro atoms. The maximum Gasteiger partial charge on any atom is 0.303 e. The molecule has 0 bridgehead atoms. The van der Waals surface area contributed by atoms with Gasteiger partial charge in [-0.15, -0.1) is 0 Å². The van der Waals surface area contributed by atoms with E-state index in [1.807, 2.05) is 6.07 Å². The minimum Gasteiger partial charge on any atom is -0.496 e. The molecule has 1 aromatic carbocycles. The third kappa shape index (κ3) is 4.11. The van der Waals surface area contributed by atoms with E-state index in [2.05, 4.69) is 0 Å². The molecule has 0 aliphatic heterocycles. The number of methoxy groups -OCH3 is 1. The molecule has 7 nitrogen and oxygen atoms in total. The van der Waals surface area contributed by atoms with Crippen molar-refractivity contribution in [1.82, 2.24) is 4.57 Å². The van der Waals surface area contributed by atoms with Gasteiger partial charge in [-0.1, -0.05) is 6.07 Å². The van der Waals surface area contributed by atoms with Gasteiger partial charge in [0.2, 0.25) is 0 Å². The third-order valence-corrected chi connectivity index (χ3v) is 3.89. The third-order valence-electron chi connectivity index (χ3n) is 3.89. The maximum atomic E-state index is 12.1. The Balaban J connectivity index is 2.43. The molecule has 0 aliphatic carbocycles. The van der Waals surface area contributed by atoms with E-state index in [9.17, 15) is 14.7 Å². The topological polar surface area (TPSA) is 87.0 Å². The van der Waals surface area contributed by atoms with Crippen molar-refractivity contribution < 1.29 is 24.1 Å². The molecule has 0 radical (unpaired) electrons. The highest BCUT2D eigenvalue weighted by Crippen LogP contribution is 2.30. The van der Waals surface area contributed by atoms with Crippen LogP contribution in [-0.2, 0) is 16.6 Å². The van der Waals surface area contributed by atoms with Crippen molar-refractivity contribution in [2.75, 3.05) is 13.7 Å². The second kappa shape index (κ2) is 7.14. The van der Waals surface area contributed by atoms with Gasteiger partial charge in [0.1, 0.15) is 18.1 Å². The predicted octanol–water partition coefficient (Wildman–Crippen LogP) is 1.63. The average molecular weight is 349 g/mol. The van der Waals surface area contributed by atoms with Gasteiger partial charge in [0.25, 0.3) is 5.56 Å². The van der Waals surface area contributed by atoms with Gasteiger partial charge in [-0.05, 0) is 26.0 Å². The van der Waals surface area contributed by atoms with Gasteiger partial charge in [-0.3, -0.25) is 9.59 Å². The Labute approximate surface area is 145 Å². The van der Waals surface area contributed by atoms with E-state index in [0.29, 0.717) is 17.0 Å². The highest BCUT2D eigenvalue weighted by Gasteiger charge is 2.30. The molecule has 1 heterocycles. The summed E-state index contributed by atoms with van der Waals surface area (Å²) in [5.41, 5.74) is -0.955. The van der Waals surface area contributed by atoms with E-state index in [-0.39, 0.29) is 12.2 Å². The summed E-state index contributed by atoms with van der Waals surface area (Å²) in [6.45, 7) is 4.27. The molecule has 1 atom stereocenters. The molecule has 1 N–H and O–H groups in total. The fourth-order valence-electron chi connectivity index (χ4n) is 2.50. The molecular weight excluding hydrogens is 326 g/mol. The Morgan fingerprint density at radius 3 is 2.56 bits per heavy atom. The number of pyridine rings is 1. The first-order valence-corrected chi connectivity index (χ1v) is 7.84. The molecule has 0 unspecified atom stereocenters. The highest BCUT2D eigenvalue weighted by atomic mass is 16.6. The van der Waals surface area contributed by atoms with Crippen LogP contribution in [0, 0.1) is 0 Å². The fourth-order valence-corrected chi connectivity index (χ4v) is 2.50. The molecule has 1 aromatic heterocycles. The minimum absolute atomic E-state index is 0.0619. The zero-order chi connectivity index (χ0) is 18.8. The van der Waals surface area contributed by atoms with Gasteiger partial charge in [-0.25, -0.2) is 0 Å². The van der Waals surface area contributed by atoms with Gasteiger partial charge in [0, 0.05) is 25.4 Å². The SMILES string of the molecule is COc1cc(=O)n(C)c2c(OC[C@H](OC(C)=O)C(C)(C)O)cccc12. The Hall–Kier alpha value is -2.54. The van der Waals surface area contributed by atoms with E-state index in [4.69, 9.17) is 14.2 Å². The van der Waals surface area contributed by atoms with Crippen LogP contribution in [0.25, 0.3) is 10.9 Å². The number of ether oxygens (including phenoxy) is 3. The van der Waals surface area contributed by atoms with Crippen molar-refractivity contribution in [2.24, 2.45) is 7.05 Å². The molecule has 136 valence electrons. The lowest BCUT2D eigenvalue weighted by molar-refractivity contribution is -0.162. The number of hydrogen-bond acceptors (Lipinski definition) is 6. The number of aryl methyl sites for hydroxylation is 1. The zero-order valence-electron chi connectivity index (χ0n) is 15.0. The number of carbonyl (C=O) groups excluding carboxylic acids is 1. The van der Waals surface area contributed by atoms with E-state index >= 15 is 0 Å². The Kier molecular flexibility index (Phi) is 5.37. The Morgan fingerprint density at radius 1 is 1.32 bits per heavy atom. The standard InChI is InChI=1S/C18H23NO6/c1-11(20)25-15(18(2,3)22)10-24-13-8-6-7-12-14(23-5)9-16(21)19(4)17(12)13/h6-9,15,22H,10H2,1-5H3/t15-/m0/s1. The zero-order valence-corrected chi connectivity index (χ0v) is 15.0. The lowest BCUT2D eigenvalue weighted by atomic mass is 10.0. The number of para-hydroxylation sites is 1. The van der Waals surface area contributed by atoms with Gasteiger partial charge >= 0.3 is 5.97 Å². The van der Waals surface area contributed by atoms with Crippen molar-refractivity contribution in [3.8, 4) is 11.5 Å².